The van der Waals surface area contributed by atoms with Crippen LogP contribution in [0.2, 0.25) is 0 Å². The lowest BCUT2D eigenvalue weighted by Gasteiger charge is -2.35. The summed E-state index contributed by atoms with van der Waals surface area (Å²) in [4.78, 5) is 14.3. The van der Waals surface area contributed by atoms with Gasteiger partial charge in [-0.25, -0.2) is 9.18 Å². The van der Waals surface area contributed by atoms with Gasteiger partial charge in [-0.15, -0.1) is 0 Å². The monoisotopic (exact) mass is 332 g/mol. The molecule has 0 saturated carbocycles. The van der Waals surface area contributed by atoms with Crippen LogP contribution in [-0.4, -0.2) is 40.5 Å². The number of rotatable bonds is 4. The lowest BCUT2D eigenvalue weighted by Crippen LogP contribution is -2.47. The summed E-state index contributed by atoms with van der Waals surface area (Å²) in [6.45, 7) is 4.64. The molecule has 0 bridgehead atoms. The Balaban J connectivity index is 1.65. The quantitative estimate of drug-likeness (QED) is 0.935. The van der Waals surface area contributed by atoms with Gasteiger partial charge in [0, 0.05) is 31.4 Å². The first-order chi connectivity index (χ1) is 11.7. The second-order valence-corrected chi connectivity index (χ2v) is 5.70. The molecule has 128 valence electrons. The van der Waals surface area contributed by atoms with Crippen molar-refractivity contribution in [3.05, 3.63) is 53.6 Å². The number of carbonyl (C=O) groups is 1. The summed E-state index contributed by atoms with van der Waals surface area (Å²) in [5, 5.41) is 7.11. The molecule has 2 aromatic rings. The molecular weight excluding hydrogens is 311 g/mol. The van der Waals surface area contributed by atoms with Gasteiger partial charge in [-0.2, -0.15) is 5.10 Å². The van der Waals surface area contributed by atoms with Gasteiger partial charge < -0.3 is 15.0 Å². The van der Waals surface area contributed by atoms with Crippen molar-refractivity contribution in [3.63, 3.8) is 0 Å². The van der Waals surface area contributed by atoms with E-state index in [9.17, 15) is 9.18 Å². The maximum Gasteiger partial charge on any atom is 0.318 e. The van der Waals surface area contributed by atoms with E-state index < -0.39 is 0 Å². The number of aromatic nitrogens is 2. The Labute approximate surface area is 140 Å². The van der Waals surface area contributed by atoms with Crippen LogP contribution in [0.25, 0.3) is 0 Å². The van der Waals surface area contributed by atoms with E-state index in [1.165, 1.54) is 12.1 Å². The van der Waals surface area contributed by atoms with Gasteiger partial charge in [-0.3, -0.25) is 4.68 Å². The SMILES string of the molecule is CCn1cc(CNC(=O)N2CCOCC2c2ccc(F)cc2)cn1. The molecule has 3 rings (SSSR count). The molecule has 1 unspecified atom stereocenters. The summed E-state index contributed by atoms with van der Waals surface area (Å²) in [7, 11) is 0. The van der Waals surface area contributed by atoms with Crippen molar-refractivity contribution in [2.24, 2.45) is 0 Å². The molecular formula is C17H21FN4O2. The van der Waals surface area contributed by atoms with Gasteiger partial charge >= 0.3 is 6.03 Å². The van der Waals surface area contributed by atoms with Crippen molar-refractivity contribution in [2.75, 3.05) is 19.8 Å². The second-order valence-electron chi connectivity index (χ2n) is 5.70. The van der Waals surface area contributed by atoms with Crippen LogP contribution in [0.3, 0.4) is 0 Å². The fourth-order valence-electron chi connectivity index (χ4n) is 2.76. The summed E-state index contributed by atoms with van der Waals surface area (Å²) < 4.78 is 20.4. The van der Waals surface area contributed by atoms with E-state index in [0.717, 1.165) is 17.7 Å². The number of hydrogen-bond donors (Lipinski definition) is 1. The van der Waals surface area contributed by atoms with Crippen LogP contribution in [0.4, 0.5) is 9.18 Å². The van der Waals surface area contributed by atoms with E-state index in [2.05, 4.69) is 10.4 Å². The van der Waals surface area contributed by atoms with Crippen LogP contribution >= 0.6 is 0 Å². The number of carbonyl (C=O) groups excluding carboxylic acids is 1. The number of ether oxygens (including phenoxy) is 1. The highest BCUT2D eigenvalue weighted by Crippen LogP contribution is 2.24. The zero-order valence-electron chi connectivity index (χ0n) is 13.6. The summed E-state index contributed by atoms with van der Waals surface area (Å²) in [5.74, 6) is -0.292. The topological polar surface area (TPSA) is 59.4 Å². The molecule has 24 heavy (non-hydrogen) atoms. The van der Waals surface area contributed by atoms with Crippen LogP contribution in [-0.2, 0) is 17.8 Å². The fourth-order valence-corrected chi connectivity index (χ4v) is 2.76. The maximum absolute atomic E-state index is 13.1. The first kappa shape index (κ1) is 16.4. The highest BCUT2D eigenvalue weighted by molar-refractivity contribution is 5.75. The zero-order valence-corrected chi connectivity index (χ0v) is 13.6. The molecule has 1 fully saturated rings. The Bertz CT molecular complexity index is 686. The van der Waals surface area contributed by atoms with Gasteiger partial charge in [0.1, 0.15) is 5.82 Å². The Morgan fingerprint density at radius 1 is 1.42 bits per heavy atom. The third-order valence-corrected chi connectivity index (χ3v) is 4.10. The summed E-state index contributed by atoms with van der Waals surface area (Å²) in [6, 6.07) is 5.83. The van der Waals surface area contributed by atoms with Crippen LogP contribution < -0.4 is 5.32 Å². The zero-order chi connectivity index (χ0) is 16.9. The van der Waals surface area contributed by atoms with Gasteiger partial charge in [0.05, 0.1) is 25.5 Å². The van der Waals surface area contributed by atoms with E-state index in [0.29, 0.717) is 26.3 Å². The number of hydrogen-bond acceptors (Lipinski definition) is 3. The number of halogens is 1. The molecule has 1 aliphatic rings. The van der Waals surface area contributed by atoms with Crippen molar-refractivity contribution in [2.45, 2.75) is 26.1 Å². The molecule has 0 spiro atoms. The minimum Gasteiger partial charge on any atom is -0.377 e. The number of nitrogens with one attached hydrogen (secondary N) is 1. The number of aryl methyl sites for hydroxylation is 1. The molecule has 1 aromatic heterocycles. The predicted molar refractivity (Wildman–Crippen MR) is 86.8 cm³/mol. The highest BCUT2D eigenvalue weighted by Gasteiger charge is 2.28. The molecule has 0 aliphatic carbocycles. The van der Waals surface area contributed by atoms with Crippen molar-refractivity contribution in [3.8, 4) is 0 Å². The van der Waals surface area contributed by atoms with Crippen molar-refractivity contribution >= 4 is 6.03 Å². The molecule has 7 heteroatoms. The standard InChI is InChI=1S/C17H21FN4O2/c1-2-21-11-13(10-20-21)9-19-17(23)22-7-8-24-12-16(22)14-3-5-15(18)6-4-14/h3-6,10-11,16H,2,7-9,12H2,1H3,(H,19,23). The Morgan fingerprint density at radius 2 is 2.21 bits per heavy atom. The Hall–Kier alpha value is -2.41. The molecule has 1 saturated heterocycles. The van der Waals surface area contributed by atoms with Gasteiger partial charge in [0.25, 0.3) is 0 Å². The maximum atomic E-state index is 13.1. The Morgan fingerprint density at radius 3 is 2.92 bits per heavy atom. The average molecular weight is 332 g/mol. The predicted octanol–water partition coefficient (Wildman–Crippen LogP) is 2.33. The molecule has 2 amide bonds. The van der Waals surface area contributed by atoms with Crippen molar-refractivity contribution in [1.29, 1.82) is 0 Å². The summed E-state index contributed by atoms with van der Waals surface area (Å²) >= 11 is 0. The van der Waals surface area contributed by atoms with Crippen LogP contribution in [0.1, 0.15) is 24.1 Å². The molecule has 1 aliphatic heterocycles. The third-order valence-electron chi connectivity index (χ3n) is 4.10. The van der Waals surface area contributed by atoms with Gasteiger partial charge in [-0.1, -0.05) is 12.1 Å². The number of urea groups is 1. The van der Waals surface area contributed by atoms with Gasteiger partial charge in [-0.05, 0) is 24.6 Å². The number of amides is 2. The van der Waals surface area contributed by atoms with E-state index in [-0.39, 0.29) is 17.9 Å². The van der Waals surface area contributed by atoms with Crippen molar-refractivity contribution < 1.29 is 13.9 Å². The molecule has 1 N–H and O–H groups in total. The van der Waals surface area contributed by atoms with E-state index >= 15 is 0 Å². The van der Waals surface area contributed by atoms with Gasteiger partial charge in [0.15, 0.2) is 0 Å². The summed E-state index contributed by atoms with van der Waals surface area (Å²) in [6.07, 6.45) is 3.66. The van der Waals surface area contributed by atoms with Crippen molar-refractivity contribution in [1.82, 2.24) is 20.0 Å². The Kier molecular flexibility index (Phi) is 5.10. The number of nitrogens with zero attached hydrogens (tertiary/aromatic N) is 3. The average Bonchev–Trinajstić information content (AvgIpc) is 3.08. The van der Waals surface area contributed by atoms with E-state index in [4.69, 9.17) is 4.74 Å². The van der Waals surface area contributed by atoms with Crippen LogP contribution in [0.5, 0.6) is 0 Å². The molecule has 0 radical (unpaired) electrons. The first-order valence-electron chi connectivity index (χ1n) is 8.06. The highest BCUT2D eigenvalue weighted by atomic mass is 19.1. The third kappa shape index (κ3) is 3.73. The molecule has 2 heterocycles. The number of morpholine rings is 1. The van der Waals surface area contributed by atoms with Gasteiger partial charge in [0.2, 0.25) is 0 Å². The van der Waals surface area contributed by atoms with E-state index in [1.807, 2.05) is 17.8 Å². The largest absolute Gasteiger partial charge is 0.377 e. The lowest BCUT2D eigenvalue weighted by molar-refractivity contribution is 0.0115. The first-order valence-corrected chi connectivity index (χ1v) is 8.06. The van der Waals surface area contributed by atoms with Crippen LogP contribution in [0, 0.1) is 5.82 Å². The molecule has 6 nitrogen and oxygen atoms in total. The normalized spacial score (nSPS) is 17.8. The molecule has 1 atom stereocenters. The second kappa shape index (κ2) is 7.44. The van der Waals surface area contributed by atoms with Crippen LogP contribution in [0.15, 0.2) is 36.7 Å². The lowest BCUT2D eigenvalue weighted by atomic mass is 10.1. The molecule has 1 aromatic carbocycles. The fraction of sp³-hybridized carbons (Fsp3) is 0.412. The van der Waals surface area contributed by atoms with E-state index in [1.54, 1.807) is 23.2 Å². The minimum atomic E-state index is -0.292. The summed E-state index contributed by atoms with van der Waals surface area (Å²) in [5.41, 5.74) is 1.82. The smallest absolute Gasteiger partial charge is 0.318 e. The minimum absolute atomic E-state index is 0.156. The number of benzene rings is 1.